The molecule has 0 nitrogen and oxygen atoms in total. The van der Waals surface area contributed by atoms with Gasteiger partial charge in [0.25, 0.3) is 0 Å². The van der Waals surface area contributed by atoms with Gasteiger partial charge in [-0.15, -0.1) is 0 Å². The normalized spacial score (nSPS) is 12.2. The Morgan fingerprint density at radius 2 is 1.67 bits per heavy atom. The van der Waals surface area contributed by atoms with E-state index in [1.165, 1.54) is 0 Å². The van der Waals surface area contributed by atoms with Crippen LogP contribution >= 0.6 is 0 Å². The topological polar surface area (TPSA) is 0 Å². The van der Waals surface area contributed by atoms with Gasteiger partial charge in [-0.05, 0) is 0 Å². The van der Waals surface area contributed by atoms with Gasteiger partial charge in [-0.3, -0.25) is 0 Å². The summed E-state index contributed by atoms with van der Waals surface area (Å²) in [5.41, 5.74) is 0.625. The van der Waals surface area contributed by atoms with Crippen molar-refractivity contribution in [2.24, 2.45) is 5.41 Å². The molecule has 0 rings (SSSR count). The molecule has 0 spiro atoms. The van der Waals surface area contributed by atoms with Crippen molar-refractivity contribution < 1.29 is 0 Å². The summed E-state index contributed by atoms with van der Waals surface area (Å²) >= 11 is -0.333. The molecule has 0 bridgehead atoms. The maximum atomic E-state index is 2.38. The third-order valence-corrected chi connectivity index (χ3v) is 9.87. The van der Waals surface area contributed by atoms with Crippen LogP contribution < -0.4 is 0 Å². The Labute approximate surface area is 70.8 Å². The summed E-state index contributed by atoms with van der Waals surface area (Å²) in [4.78, 5) is 0. The molecule has 0 aliphatic carbocycles. The Bertz CT molecular complexity index is 69.1. The van der Waals surface area contributed by atoms with E-state index in [1.54, 1.807) is 4.18 Å². The molecule has 1 heteroatoms. The minimum absolute atomic E-state index is 0.333. The zero-order valence-electron chi connectivity index (χ0n) is 7.49. The van der Waals surface area contributed by atoms with Crippen molar-refractivity contribution in [3.05, 3.63) is 0 Å². The van der Waals surface area contributed by atoms with Crippen molar-refractivity contribution >= 4 is 22.9 Å². The Kier molecular flexibility index (Phi) is 4.28. The summed E-state index contributed by atoms with van der Waals surface area (Å²) in [5, 5.41) is 0. The molecule has 0 unspecified atom stereocenters. The molecule has 0 aromatic rings. The summed E-state index contributed by atoms with van der Waals surface area (Å²) in [6.45, 7) is 11.8. The van der Waals surface area contributed by atoms with Crippen LogP contribution in [0, 0.1) is 5.41 Å². The molecule has 0 aliphatic rings. The van der Waals surface area contributed by atoms with E-state index in [2.05, 4.69) is 34.6 Å². The van der Waals surface area contributed by atoms with E-state index in [9.17, 15) is 0 Å². The zero-order chi connectivity index (χ0) is 7.49. The fraction of sp³-hybridized carbons (Fsp3) is 1.00. The quantitative estimate of drug-likeness (QED) is 0.684. The maximum absolute atomic E-state index is 2.38. The van der Waals surface area contributed by atoms with Crippen LogP contribution in [0.5, 0.6) is 0 Å². The Morgan fingerprint density at radius 3 is 1.78 bits per heavy atom. The minimum atomic E-state index is -0.333. The molecule has 0 saturated heterocycles. The van der Waals surface area contributed by atoms with Crippen molar-refractivity contribution in [1.29, 1.82) is 0 Å². The van der Waals surface area contributed by atoms with Crippen LogP contribution in [0.2, 0.25) is 7.85 Å². The molecule has 0 heterocycles. The van der Waals surface area contributed by atoms with Crippen LogP contribution in [0.4, 0.5) is 0 Å². The zero-order valence-corrected chi connectivity index (χ0v) is 11.5. The Hall–Kier alpha value is 0.870. The summed E-state index contributed by atoms with van der Waals surface area (Å²) in [5.74, 6) is 0. The molecule has 0 aromatic heterocycles. The van der Waals surface area contributed by atoms with E-state index in [0.717, 1.165) is 3.67 Å². The van der Waals surface area contributed by atoms with Crippen molar-refractivity contribution in [1.82, 2.24) is 0 Å². The van der Waals surface area contributed by atoms with Crippen LogP contribution in [0.15, 0.2) is 0 Å². The van der Waals surface area contributed by atoms with Crippen molar-refractivity contribution in [2.45, 2.75) is 42.5 Å². The first-order valence-electron chi connectivity index (χ1n) is 3.92. The van der Waals surface area contributed by atoms with Gasteiger partial charge in [-0.25, -0.2) is 0 Å². The van der Waals surface area contributed by atoms with Gasteiger partial charge >= 0.3 is 70.8 Å². The van der Waals surface area contributed by atoms with Gasteiger partial charge in [-0.2, -0.15) is 0 Å². The second kappa shape index (κ2) is 3.90. The van der Waals surface area contributed by atoms with Crippen LogP contribution in [0.1, 0.15) is 34.6 Å². The average molecular weight is 230 g/mol. The number of rotatable bonds is 2. The van der Waals surface area contributed by atoms with Gasteiger partial charge in [0.2, 0.25) is 0 Å². The monoisotopic (exact) mass is 230 g/mol. The van der Waals surface area contributed by atoms with E-state index in [0.29, 0.717) is 5.41 Å². The Balaban J connectivity index is 3.28. The molecule has 0 amide bonds. The van der Waals surface area contributed by atoms with E-state index < -0.39 is 0 Å². The van der Waals surface area contributed by atoms with Crippen LogP contribution in [-0.4, -0.2) is 22.9 Å². The van der Waals surface area contributed by atoms with Gasteiger partial charge in [0, 0.05) is 0 Å². The fourth-order valence-corrected chi connectivity index (χ4v) is 4.84. The van der Waals surface area contributed by atoms with Crippen molar-refractivity contribution in [2.75, 3.05) is 0 Å². The van der Waals surface area contributed by atoms with Crippen LogP contribution in [0.25, 0.3) is 0 Å². The Morgan fingerprint density at radius 1 is 1.22 bits per heavy atom. The molecule has 0 aromatic carbocycles. The van der Waals surface area contributed by atoms with Crippen molar-refractivity contribution in [3.8, 4) is 0 Å². The van der Waals surface area contributed by atoms with Gasteiger partial charge in [0.15, 0.2) is 0 Å². The summed E-state index contributed by atoms with van der Waals surface area (Å²) in [7, 11) is 0. The standard InChI is InChI=1S/C5H11.C3H7.In.H/c1-5(2,3)4;1-3-2;;/h1H2,2-4H3;3H,1-2H3;;. The predicted molar refractivity (Wildman–Crippen MR) is 46.5 cm³/mol. The summed E-state index contributed by atoms with van der Waals surface area (Å²) < 4.78 is 2.64. The second-order valence-electron chi connectivity index (χ2n) is 4.49. The molecule has 0 radical (unpaired) electrons. The first-order chi connectivity index (χ1) is 3.92. The third kappa shape index (κ3) is 8.87. The van der Waals surface area contributed by atoms with E-state index >= 15 is 0 Å². The predicted octanol–water partition coefficient (Wildman–Crippen LogP) is 2.72. The molecule has 54 valence electrons. The molecule has 0 saturated carbocycles. The summed E-state index contributed by atoms with van der Waals surface area (Å²) in [6.07, 6.45) is 0. The fourth-order valence-electron chi connectivity index (χ4n) is 0.722. The first kappa shape index (κ1) is 9.87. The number of hydrogen-bond donors (Lipinski definition) is 0. The van der Waals surface area contributed by atoms with Gasteiger partial charge in [0.05, 0.1) is 0 Å². The second-order valence-corrected chi connectivity index (χ2v) is 12.2. The third-order valence-electron chi connectivity index (χ3n) is 1.47. The van der Waals surface area contributed by atoms with Crippen LogP contribution in [0.3, 0.4) is 0 Å². The molecular formula is C8H19In. The van der Waals surface area contributed by atoms with E-state index in [1.807, 2.05) is 0 Å². The molecule has 0 fully saturated rings. The van der Waals surface area contributed by atoms with E-state index in [-0.39, 0.29) is 22.9 Å². The summed E-state index contributed by atoms with van der Waals surface area (Å²) in [6, 6.07) is 0. The van der Waals surface area contributed by atoms with Crippen LogP contribution in [-0.2, 0) is 0 Å². The molecule has 0 N–H and O–H groups in total. The number of hydrogen-bond acceptors (Lipinski definition) is 0. The van der Waals surface area contributed by atoms with Gasteiger partial charge < -0.3 is 0 Å². The van der Waals surface area contributed by atoms with Crippen molar-refractivity contribution in [3.63, 3.8) is 0 Å². The van der Waals surface area contributed by atoms with E-state index in [4.69, 9.17) is 0 Å². The molecule has 0 atom stereocenters. The average Bonchev–Trinajstić information content (AvgIpc) is 1.59. The van der Waals surface area contributed by atoms with Gasteiger partial charge in [-0.1, -0.05) is 0 Å². The molecule has 9 heavy (non-hydrogen) atoms. The molecular weight excluding hydrogens is 211 g/mol. The first-order valence-corrected chi connectivity index (χ1v) is 9.10. The van der Waals surface area contributed by atoms with Gasteiger partial charge in [0.1, 0.15) is 0 Å². The SMILES string of the molecule is C[CH](C)[InH][CH2]C(C)(C)C. The molecule has 0 aliphatic heterocycles.